The summed E-state index contributed by atoms with van der Waals surface area (Å²) in [4.78, 5) is 0. The van der Waals surface area contributed by atoms with Crippen molar-refractivity contribution in [1.82, 2.24) is 5.32 Å². The van der Waals surface area contributed by atoms with Crippen molar-refractivity contribution in [3.8, 4) is 0 Å². The maximum absolute atomic E-state index is 4.93. The van der Waals surface area contributed by atoms with Crippen LogP contribution in [0, 0.1) is 0 Å². The third-order valence-electron chi connectivity index (χ3n) is 2.90. The molecule has 0 fully saturated rings. The Balaban J connectivity index is 0.000000492. The average molecular weight is 365 g/mol. The van der Waals surface area contributed by atoms with Crippen LogP contribution in [0.25, 0.3) is 6.08 Å². The Bertz CT molecular complexity index is 436. The van der Waals surface area contributed by atoms with Crippen molar-refractivity contribution in [2.24, 2.45) is 0 Å². The molecular weight excluding hydrogens is 348 g/mol. The van der Waals surface area contributed by atoms with Crippen molar-refractivity contribution in [3.63, 3.8) is 0 Å². The quantitative estimate of drug-likeness (QED) is 0.770. The summed E-state index contributed by atoms with van der Waals surface area (Å²) in [6.07, 6.45) is 3.19. The first kappa shape index (κ1) is 15.9. The van der Waals surface area contributed by atoms with E-state index in [1.54, 1.807) is 0 Å². The van der Waals surface area contributed by atoms with Gasteiger partial charge in [0.25, 0.3) is 0 Å². The number of hydrogen-bond donors (Lipinski definition) is 3. The average Bonchev–Trinajstić information content (AvgIpc) is 2.82. The SMILES string of the molecule is CNC1=Cc2c(NC)ccc(NC)c2C1.[Cl][Zr][Cl]. The summed E-state index contributed by atoms with van der Waals surface area (Å²) >= 11 is -0.826. The Morgan fingerprint density at radius 1 is 1.00 bits per heavy atom. The van der Waals surface area contributed by atoms with Gasteiger partial charge >= 0.3 is 37.9 Å². The summed E-state index contributed by atoms with van der Waals surface area (Å²) in [5.74, 6) is 0. The number of allylic oxidation sites excluding steroid dienone is 1. The molecule has 0 amide bonds. The summed E-state index contributed by atoms with van der Waals surface area (Å²) < 4.78 is 0. The summed E-state index contributed by atoms with van der Waals surface area (Å²) in [5.41, 5.74) is 6.34. The molecule has 1 aliphatic rings. The number of hydrogen-bond acceptors (Lipinski definition) is 3. The van der Waals surface area contributed by atoms with Gasteiger partial charge in [0, 0.05) is 50.2 Å². The van der Waals surface area contributed by atoms with Crippen LogP contribution in [0.5, 0.6) is 0 Å². The van der Waals surface area contributed by atoms with E-state index in [9.17, 15) is 0 Å². The Hall–Kier alpha value is -0.177. The van der Waals surface area contributed by atoms with E-state index in [0.29, 0.717) is 0 Å². The molecule has 0 bridgehead atoms. The molecule has 0 atom stereocenters. The molecule has 98 valence electrons. The Morgan fingerprint density at radius 3 is 2.06 bits per heavy atom. The summed E-state index contributed by atoms with van der Waals surface area (Å²) in [7, 11) is 15.8. The second-order valence-electron chi connectivity index (χ2n) is 3.72. The molecule has 1 aliphatic carbocycles. The second-order valence-corrected chi connectivity index (χ2v) is 7.45. The van der Waals surface area contributed by atoms with E-state index in [0.717, 1.165) is 6.42 Å². The molecule has 0 heterocycles. The zero-order valence-corrected chi connectivity index (χ0v) is 14.7. The first-order valence-electron chi connectivity index (χ1n) is 5.57. The summed E-state index contributed by atoms with van der Waals surface area (Å²) in [6, 6.07) is 4.23. The minimum atomic E-state index is -0.826. The van der Waals surface area contributed by atoms with Crippen LogP contribution >= 0.6 is 17.0 Å². The van der Waals surface area contributed by atoms with Gasteiger partial charge in [-0.15, -0.1) is 0 Å². The number of benzene rings is 1. The molecule has 3 N–H and O–H groups in total. The molecule has 0 saturated carbocycles. The van der Waals surface area contributed by atoms with Gasteiger partial charge in [-0.05, 0) is 23.8 Å². The standard InChI is InChI=1S/C12H17N3.2ClH.Zr/c1-13-8-6-9-10(7-8)12(15-3)5-4-11(9)14-2;;;/h4-6,13-15H,7H2,1-3H3;2*1H;/q;;;+2/p-2. The van der Waals surface area contributed by atoms with Gasteiger partial charge in [-0.3, -0.25) is 0 Å². The van der Waals surface area contributed by atoms with Crippen LogP contribution in [0.2, 0.25) is 0 Å². The number of rotatable bonds is 3. The second kappa shape index (κ2) is 8.09. The Labute approximate surface area is 127 Å². The van der Waals surface area contributed by atoms with Gasteiger partial charge in [0.1, 0.15) is 0 Å². The Kier molecular flexibility index (Phi) is 7.13. The normalized spacial score (nSPS) is 11.7. The number of anilines is 2. The van der Waals surface area contributed by atoms with Crippen molar-refractivity contribution in [1.29, 1.82) is 0 Å². The minimum absolute atomic E-state index is 0.826. The zero-order valence-electron chi connectivity index (χ0n) is 10.7. The molecule has 0 aliphatic heterocycles. The van der Waals surface area contributed by atoms with Crippen LogP contribution in [-0.2, 0) is 27.3 Å². The van der Waals surface area contributed by atoms with E-state index in [1.807, 2.05) is 21.1 Å². The molecule has 0 radical (unpaired) electrons. The third-order valence-corrected chi connectivity index (χ3v) is 2.90. The number of halogens is 2. The third kappa shape index (κ3) is 3.66. The topological polar surface area (TPSA) is 36.1 Å². The fourth-order valence-corrected chi connectivity index (χ4v) is 2.05. The first-order valence-corrected chi connectivity index (χ1v) is 11.9. The molecule has 0 aromatic heterocycles. The molecule has 0 saturated heterocycles. The molecule has 6 heteroatoms. The number of fused-ring (bicyclic) bond motifs is 1. The molecule has 0 spiro atoms. The number of nitrogens with one attached hydrogen (secondary N) is 3. The predicted octanol–water partition coefficient (Wildman–Crippen LogP) is 3.26. The fourth-order valence-electron chi connectivity index (χ4n) is 2.05. The van der Waals surface area contributed by atoms with E-state index >= 15 is 0 Å². The van der Waals surface area contributed by atoms with E-state index in [1.165, 1.54) is 28.2 Å². The summed E-state index contributed by atoms with van der Waals surface area (Å²) in [5, 5.41) is 9.68. The molecule has 1 aromatic rings. The van der Waals surface area contributed by atoms with Gasteiger partial charge in [-0.25, -0.2) is 0 Å². The van der Waals surface area contributed by atoms with E-state index in [4.69, 9.17) is 17.0 Å². The van der Waals surface area contributed by atoms with Crippen LogP contribution in [0.15, 0.2) is 17.8 Å². The Morgan fingerprint density at radius 2 is 1.56 bits per heavy atom. The first-order chi connectivity index (χ1) is 8.71. The fraction of sp³-hybridized carbons (Fsp3) is 0.333. The molecule has 2 rings (SSSR count). The van der Waals surface area contributed by atoms with Gasteiger partial charge in [0.15, 0.2) is 0 Å². The monoisotopic (exact) mass is 363 g/mol. The summed E-state index contributed by atoms with van der Waals surface area (Å²) in [6.45, 7) is 0. The van der Waals surface area contributed by atoms with Gasteiger partial charge in [0.05, 0.1) is 0 Å². The van der Waals surface area contributed by atoms with Crippen LogP contribution in [0.3, 0.4) is 0 Å². The maximum atomic E-state index is 4.93. The molecule has 0 unspecified atom stereocenters. The van der Waals surface area contributed by atoms with Crippen molar-refractivity contribution in [3.05, 3.63) is 29.0 Å². The predicted molar refractivity (Wildman–Crippen MR) is 78.0 cm³/mol. The van der Waals surface area contributed by atoms with Crippen LogP contribution in [0.1, 0.15) is 11.1 Å². The van der Waals surface area contributed by atoms with Crippen LogP contribution < -0.4 is 16.0 Å². The van der Waals surface area contributed by atoms with Crippen molar-refractivity contribution in [2.45, 2.75) is 6.42 Å². The zero-order chi connectivity index (χ0) is 13.5. The van der Waals surface area contributed by atoms with Crippen LogP contribution in [-0.4, -0.2) is 21.1 Å². The molecule has 18 heavy (non-hydrogen) atoms. The van der Waals surface area contributed by atoms with Gasteiger partial charge in [-0.2, -0.15) is 0 Å². The van der Waals surface area contributed by atoms with Crippen molar-refractivity contribution in [2.75, 3.05) is 31.8 Å². The van der Waals surface area contributed by atoms with E-state index in [-0.39, 0.29) is 0 Å². The molecular formula is C12H17Cl2N3Zr. The van der Waals surface area contributed by atoms with Gasteiger partial charge in [-0.1, -0.05) is 0 Å². The van der Waals surface area contributed by atoms with Gasteiger partial charge in [0.2, 0.25) is 0 Å². The number of likely N-dealkylation sites (N-methyl/N-ethyl adjacent to an activating group) is 1. The molecule has 1 aromatic carbocycles. The molecule has 3 nitrogen and oxygen atoms in total. The van der Waals surface area contributed by atoms with E-state index < -0.39 is 20.8 Å². The van der Waals surface area contributed by atoms with Gasteiger partial charge < -0.3 is 16.0 Å². The van der Waals surface area contributed by atoms with Crippen LogP contribution in [0.4, 0.5) is 11.4 Å². The van der Waals surface area contributed by atoms with Crippen molar-refractivity contribution < 1.29 is 20.8 Å². The van der Waals surface area contributed by atoms with E-state index in [2.05, 4.69) is 34.2 Å². The van der Waals surface area contributed by atoms with Crippen molar-refractivity contribution >= 4 is 34.5 Å².